The number of hydrogen-bond donors (Lipinski definition) is 1. The molecule has 1 fully saturated rings. The summed E-state index contributed by atoms with van der Waals surface area (Å²) in [6.45, 7) is 2.42. The first-order chi connectivity index (χ1) is 10.2. The van der Waals surface area contributed by atoms with Crippen molar-refractivity contribution in [3.8, 4) is 5.69 Å². The minimum atomic E-state index is 0.345. The van der Waals surface area contributed by atoms with E-state index in [4.69, 9.17) is 0 Å². The van der Waals surface area contributed by atoms with Crippen LogP contribution in [0.3, 0.4) is 0 Å². The lowest BCUT2D eigenvalue weighted by Crippen LogP contribution is -2.35. The Morgan fingerprint density at radius 2 is 1.86 bits per heavy atom. The van der Waals surface area contributed by atoms with E-state index < -0.39 is 0 Å². The van der Waals surface area contributed by atoms with Gasteiger partial charge in [-0.3, -0.25) is 0 Å². The highest BCUT2D eigenvalue weighted by Crippen LogP contribution is 2.45. The second-order valence-electron chi connectivity index (χ2n) is 6.49. The maximum Gasteiger partial charge on any atom is 0.0645 e. The number of para-hydroxylation sites is 1. The van der Waals surface area contributed by atoms with Crippen LogP contribution in [0.15, 0.2) is 42.7 Å². The maximum absolute atomic E-state index is 4.56. The Balaban J connectivity index is 1.87. The van der Waals surface area contributed by atoms with Gasteiger partial charge in [-0.2, -0.15) is 5.10 Å². The first-order valence-corrected chi connectivity index (χ1v) is 8.00. The predicted octanol–water partition coefficient (Wildman–Crippen LogP) is 4.10. The number of nitrogens with zero attached hydrogens (tertiary/aromatic N) is 2. The molecule has 21 heavy (non-hydrogen) atoms. The van der Waals surface area contributed by atoms with Gasteiger partial charge in [-0.25, -0.2) is 4.68 Å². The molecule has 0 aliphatic heterocycles. The average Bonchev–Trinajstić information content (AvgIpc) is 2.99. The maximum atomic E-state index is 4.56. The van der Waals surface area contributed by atoms with Crippen molar-refractivity contribution in [1.29, 1.82) is 0 Å². The quantitative estimate of drug-likeness (QED) is 0.915. The molecule has 1 aliphatic rings. The van der Waals surface area contributed by atoms with Crippen LogP contribution in [-0.4, -0.2) is 16.8 Å². The van der Waals surface area contributed by atoms with Gasteiger partial charge in [-0.15, -0.1) is 0 Å². The van der Waals surface area contributed by atoms with Crippen LogP contribution in [0.2, 0.25) is 0 Å². The zero-order valence-electron chi connectivity index (χ0n) is 13.0. The SMILES string of the molecule is CNC(c1cnn(-c2ccccc2)c1)C1(C)CCCCC1. The van der Waals surface area contributed by atoms with E-state index in [1.54, 1.807) is 0 Å². The van der Waals surface area contributed by atoms with Crippen LogP contribution in [0, 0.1) is 5.41 Å². The highest BCUT2D eigenvalue weighted by molar-refractivity contribution is 5.31. The van der Waals surface area contributed by atoms with E-state index in [1.165, 1.54) is 37.7 Å². The van der Waals surface area contributed by atoms with Gasteiger partial charge in [0.25, 0.3) is 0 Å². The molecular formula is C18H25N3. The number of nitrogens with one attached hydrogen (secondary N) is 1. The standard InChI is InChI=1S/C18H25N3/c1-18(11-7-4-8-12-18)17(19-2)15-13-20-21(14-15)16-9-5-3-6-10-16/h3,5-6,9-10,13-14,17,19H,4,7-8,11-12H2,1-2H3. The summed E-state index contributed by atoms with van der Waals surface area (Å²) in [5.74, 6) is 0. The number of rotatable bonds is 4. The molecule has 3 nitrogen and oxygen atoms in total. The molecule has 0 amide bonds. The topological polar surface area (TPSA) is 29.9 Å². The smallest absolute Gasteiger partial charge is 0.0645 e. The normalized spacial score (nSPS) is 19.3. The molecule has 0 bridgehead atoms. The minimum Gasteiger partial charge on any atom is -0.312 e. The summed E-state index contributed by atoms with van der Waals surface area (Å²) in [6.07, 6.45) is 10.9. The lowest BCUT2D eigenvalue weighted by molar-refractivity contribution is 0.150. The molecule has 1 aliphatic carbocycles. The summed E-state index contributed by atoms with van der Waals surface area (Å²) in [5.41, 5.74) is 2.76. The fourth-order valence-corrected chi connectivity index (χ4v) is 3.77. The number of hydrogen-bond acceptors (Lipinski definition) is 2. The van der Waals surface area contributed by atoms with Gasteiger partial charge >= 0.3 is 0 Å². The molecule has 0 spiro atoms. The minimum absolute atomic E-state index is 0.345. The fourth-order valence-electron chi connectivity index (χ4n) is 3.77. The summed E-state index contributed by atoms with van der Waals surface area (Å²) < 4.78 is 1.98. The molecule has 1 heterocycles. The van der Waals surface area contributed by atoms with E-state index in [9.17, 15) is 0 Å². The van der Waals surface area contributed by atoms with E-state index in [2.05, 4.69) is 54.8 Å². The molecule has 1 N–H and O–H groups in total. The van der Waals surface area contributed by atoms with Crippen LogP contribution in [0.1, 0.15) is 50.6 Å². The van der Waals surface area contributed by atoms with E-state index in [0.717, 1.165) is 5.69 Å². The van der Waals surface area contributed by atoms with Gasteiger partial charge in [0, 0.05) is 17.8 Å². The molecule has 1 atom stereocenters. The predicted molar refractivity (Wildman–Crippen MR) is 86.6 cm³/mol. The Bertz CT molecular complexity index is 567. The van der Waals surface area contributed by atoms with Crippen LogP contribution < -0.4 is 5.32 Å². The molecule has 0 saturated heterocycles. The molecular weight excluding hydrogens is 258 g/mol. The van der Waals surface area contributed by atoms with Crippen molar-refractivity contribution >= 4 is 0 Å². The van der Waals surface area contributed by atoms with Crippen LogP contribution in [0.4, 0.5) is 0 Å². The monoisotopic (exact) mass is 283 g/mol. The van der Waals surface area contributed by atoms with Gasteiger partial charge in [0.1, 0.15) is 0 Å². The number of aromatic nitrogens is 2. The highest BCUT2D eigenvalue weighted by atomic mass is 15.3. The van der Waals surface area contributed by atoms with Gasteiger partial charge in [-0.05, 0) is 37.4 Å². The lowest BCUT2D eigenvalue weighted by Gasteiger charge is -2.40. The molecule has 112 valence electrons. The van der Waals surface area contributed by atoms with E-state index >= 15 is 0 Å². The van der Waals surface area contributed by atoms with Crippen molar-refractivity contribution < 1.29 is 0 Å². The summed E-state index contributed by atoms with van der Waals surface area (Å²) >= 11 is 0. The Labute approximate surface area is 127 Å². The van der Waals surface area contributed by atoms with Crippen LogP contribution in [0.5, 0.6) is 0 Å². The summed E-state index contributed by atoms with van der Waals surface area (Å²) in [7, 11) is 2.07. The highest BCUT2D eigenvalue weighted by Gasteiger charge is 2.36. The van der Waals surface area contributed by atoms with E-state index in [1.807, 2.05) is 16.9 Å². The molecule has 2 aromatic rings. The first kappa shape index (κ1) is 14.3. The van der Waals surface area contributed by atoms with Gasteiger partial charge in [0.2, 0.25) is 0 Å². The molecule has 3 rings (SSSR count). The van der Waals surface area contributed by atoms with Gasteiger partial charge in [0.15, 0.2) is 0 Å². The van der Waals surface area contributed by atoms with Gasteiger partial charge in [0.05, 0.1) is 11.9 Å². The largest absolute Gasteiger partial charge is 0.312 e. The second-order valence-corrected chi connectivity index (χ2v) is 6.49. The molecule has 1 saturated carbocycles. The fraction of sp³-hybridized carbons (Fsp3) is 0.500. The van der Waals surface area contributed by atoms with Crippen LogP contribution in [-0.2, 0) is 0 Å². The Hall–Kier alpha value is -1.61. The van der Waals surface area contributed by atoms with Crippen molar-refractivity contribution in [2.75, 3.05) is 7.05 Å². The third-order valence-electron chi connectivity index (χ3n) is 4.94. The Morgan fingerprint density at radius 3 is 2.52 bits per heavy atom. The van der Waals surface area contributed by atoms with Crippen molar-refractivity contribution in [1.82, 2.24) is 15.1 Å². The molecule has 1 unspecified atom stereocenters. The van der Waals surface area contributed by atoms with Gasteiger partial charge < -0.3 is 5.32 Å². The molecule has 1 aromatic heterocycles. The number of benzene rings is 1. The van der Waals surface area contributed by atoms with E-state index in [0.29, 0.717) is 11.5 Å². The van der Waals surface area contributed by atoms with Crippen molar-refractivity contribution in [3.05, 3.63) is 48.3 Å². The summed E-state index contributed by atoms with van der Waals surface area (Å²) in [6, 6.07) is 10.7. The van der Waals surface area contributed by atoms with Crippen LogP contribution >= 0.6 is 0 Å². The summed E-state index contributed by atoms with van der Waals surface area (Å²) in [4.78, 5) is 0. The van der Waals surface area contributed by atoms with Crippen molar-refractivity contribution in [2.45, 2.75) is 45.1 Å². The van der Waals surface area contributed by atoms with Crippen molar-refractivity contribution in [3.63, 3.8) is 0 Å². The first-order valence-electron chi connectivity index (χ1n) is 8.00. The van der Waals surface area contributed by atoms with E-state index in [-0.39, 0.29) is 0 Å². The lowest BCUT2D eigenvalue weighted by atomic mass is 9.69. The Morgan fingerprint density at radius 1 is 1.14 bits per heavy atom. The molecule has 3 heteroatoms. The Kier molecular flexibility index (Phi) is 4.11. The average molecular weight is 283 g/mol. The van der Waals surface area contributed by atoms with Crippen molar-refractivity contribution in [2.24, 2.45) is 5.41 Å². The second kappa shape index (κ2) is 6.02. The zero-order chi connectivity index (χ0) is 14.7. The third kappa shape index (κ3) is 2.88. The molecule has 0 radical (unpaired) electrons. The zero-order valence-corrected chi connectivity index (χ0v) is 13.0. The molecule has 1 aromatic carbocycles. The third-order valence-corrected chi connectivity index (χ3v) is 4.94. The van der Waals surface area contributed by atoms with Gasteiger partial charge in [-0.1, -0.05) is 44.4 Å². The van der Waals surface area contributed by atoms with Crippen LogP contribution in [0.25, 0.3) is 5.69 Å². The summed E-state index contributed by atoms with van der Waals surface area (Å²) in [5, 5.41) is 8.10.